The van der Waals surface area contributed by atoms with Crippen LogP contribution in [-0.4, -0.2) is 39.8 Å². The Morgan fingerprint density at radius 1 is 1.14 bits per heavy atom. The summed E-state index contributed by atoms with van der Waals surface area (Å²) in [4.78, 5) is 16.4. The molecule has 0 atom stereocenters. The first-order valence-electron chi connectivity index (χ1n) is 10.9. The first kappa shape index (κ1) is 27.6. The number of methoxy groups -OCH3 is 1. The Morgan fingerprint density at radius 3 is 2.39 bits per heavy atom. The van der Waals surface area contributed by atoms with Crippen molar-refractivity contribution in [1.82, 2.24) is 5.32 Å². The fourth-order valence-electron chi connectivity index (χ4n) is 3.46. The average Bonchev–Trinajstić information content (AvgIpc) is 3.22. The van der Waals surface area contributed by atoms with Crippen LogP contribution in [0.4, 0.5) is 15.5 Å². The number of nitrogen functional groups attached to an aromatic ring is 1. The number of hydrogen-bond acceptors (Lipinski definition) is 9. The lowest BCUT2D eigenvalue weighted by atomic mass is 9.98. The lowest BCUT2D eigenvalue weighted by Crippen LogP contribution is -2.31. The normalized spacial score (nSPS) is 12.1. The third-order valence-corrected chi connectivity index (χ3v) is 9.38. The summed E-state index contributed by atoms with van der Waals surface area (Å²) in [5.41, 5.74) is 8.09. The van der Waals surface area contributed by atoms with Crippen molar-refractivity contribution in [3.8, 4) is 16.9 Å². The van der Waals surface area contributed by atoms with E-state index in [-0.39, 0.29) is 9.79 Å². The maximum absolute atomic E-state index is 13.8. The van der Waals surface area contributed by atoms with Crippen molar-refractivity contribution in [2.45, 2.75) is 47.3 Å². The highest BCUT2D eigenvalue weighted by Crippen LogP contribution is 2.43. The number of benzene rings is 2. The van der Waals surface area contributed by atoms with Crippen LogP contribution in [0.25, 0.3) is 11.1 Å². The van der Waals surface area contributed by atoms with E-state index in [0.29, 0.717) is 31.8 Å². The molecular weight excluding hydrogens is 518 g/mol. The summed E-state index contributed by atoms with van der Waals surface area (Å²) in [6.45, 7) is 7.01. The molecule has 0 bridgehead atoms. The van der Waals surface area contributed by atoms with Gasteiger partial charge in [0.25, 0.3) is 0 Å². The van der Waals surface area contributed by atoms with Crippen LogP contribution in [-0.2, 0) is 14.6 Å². The van der Waals surface area contributed by atoms with Gasteiger partial charge in [0, 0.05) is 11.3 Å². The molecule has 0 unspecified atom stereocenters. The summed E-state index contributed by atoms with van der Waals surface area (Å²) < 4.78 is 38.5. The van der Waals surface area contributed by atoms with E-state index in [1.807, 2.05) is 12.1 Å². The Kier molecular flexibility index (Phi) is 8.37. The SMILES string of the molecule is COc1ccc(-c2c(N)ccc(S(=O)(=O)c3cc(N=CNC(=O)OC(C)(C)C)sc3SC)c2C)cc1. The molecule has 0 aliphatic carbocycles. The Balaban J connectivity index is 1.97. The van der Waals surface area contributed by atoms with E-state index < -0.39 is 21.5 Å². The number of aliphatic imine (C=N–C) groups is 1. The molecule has 0 spiro atoms. The highest BCUT2D eigenvalue weighted by molar-refractivity contribution is 8.01. The summed E-state index contributed by atoms with van der Waals surface area (Å²) in [7, 11) is -2.31. The zero-order chi connectivity index (χ0) is 26.7. The Morgan fingerprint density at radius 2 is 1.81 bits per heavy atom. The summed E-state index contributed by atoms with van der Waals surface area (Å²) in [5, 5.41) is 2.86. The van der Waals surface area contributed by atoms with E-state index in [9.17, 15) is 13.2 Å². The van der Waals surface area contributed by atoms with Gasteiger partial charge in [-0.1, -0.05) is 12.1 Å². The first-order chi connectivity index (χ1) is 16.9. The first-order valence-corrected chi connectivity index (χ1v) is 14.4. The van der Waals surface area contributed by atoms with Crippen LogP contribution < -0.4 is 15.8 Å². The highest BCUT2D eigenvalue weighted by atomic mass is 32.2. The number of nitrogens with zero attached hydrogens (tertiary/aromatic N) is 1. The van der Waals surface area contributed by atoms with Crippen LogP contribution in [0, 0.1) is 6.92 Å². The van der Waals surface area contributed by atoms with Crippen molar-refractivity contribution in [1.29, 1.82) is 0 Å². The molecule has 36 heavy (non-hydrogen) atoms. The number of nitrogens with two attached hydrogens (primary N) is 1. The van der Waals surface area contributed by atoms with E-state index in [1.165, 1.54) is 41.6 Å². The smallest absolute Gasteiger partial charge is 0.412 e. The number of carbonyl (C=O) groups is 1. The lowest BCUT2D eigenvalue weighted by molar-refractivity contribution is 0.0565. The van der Waals surface area contributed by atoms with Crippen molar-refractivity contribution in [3.63, 3.8) is 0 Å². The molecule has 1 heterocycles. The number of anilines is 1. The number of thioether (sulfide) groups is 1. The van der Waals surface area contributed by atoms with Gasteiger partial charge in [0.15, 0.2) is 0 Å². The Hall–Kier alpha value is -3.02. The second kappa shape index (κ2) is 10.9. The molecule has 3 rings (SSSR count). The van der Waals surface area contributed by atoms with Gasteiger partial charge in [0.2, 0.25) is 9.84 Å². The number of ether oxygens (including phenoxy) is 2. The van der Waals surface area contributed by atoms with Crippen LogP contribution in [0.1, 0.15) is 26.3 Å². The van der Waals surface area contributed by atoms with Gasteiger partial charge < -0.3 is 15.2 Å². The Labute approximate surface area is 219 Å². The summed E-state index contributed by atoms with van der Waals surface area (Å²) >= 11 is 2.53. The van der Waals surface area contributed by atoms with Crippen molar-refractivity contribution in [3.05, 3.63) is 48.0 Å². The predicted octanol–water partition coefficient (Wildman–Crippen LogP) is 6.05. The van der Waals surface area contributed by atoms with Crippen LogP contribution >= 0.6 is 23.1 Å². The molecule has 0 fully saturated rings. The molecule has 0 saturated carbocycles. The molecule has 192 valence electrons. The van der Waals surface area contributed by atoms with Crippen LogP contribution in [0.2, 0.25) is 0 Å². The molecule has 0 radical (unpaired) electrons. The molecule has 0 aliphatic rings. The molecule has 2 aromatic carbocycles. The number of sulfone groups is 1. The van der Waals surface area contributed by atoms with Gasteiger partial charge in [-0.05, 0) is 75.4 Å². The van der Waals surface area contributed by atoms with Gasteiger partial charge in [-0.2, -0.15) is 0 Å². The zero-order valence-electron chi connectivity index (χ0n) is 20.9. The molecule has 11 heteroatoms. The fourth-order valence-corrected chi connectivity index (χ4v) is 7.52. The molecular formula is C25H29N3O5S3. The minimum Gasteiger partial charge on any atom is -0.497 e. The van der Waals surface area contributed by atoms with Crippen LogP contribution in [0.3, 0.4) is 0 Å². The highest BCUT2D eigenvalue weighted by Gasteiger charge is 2.27. The maximum atomic E-state index is 13.8. The van der Waals surface area contributed by atoms with Gasteiger partial charge >= 0.3 is 6.09 Å². The molecule has 3 N–H and O–H groups in total. The summed E-state index contributed by atoms with van der Waals surface area (Å²) in [6, 6.07) is 11.9. The number of carbonyl (C=O) groups excluding carboxylic acids is 1. The molecule has 8 nitrogen and oxygen atoms in total. The van der Waals surface area contributed by atoms with Crippen molar-refractivity contribution >= 4 is 56.1 Å². The second-order valence-corrected chi connectivity index (χ2v) is 12.7. The monoisotopic (exact) mass is 547 g/mol. The lowest BCUT2D eigenvalue weighted by Gasteiger charge is -2.18. The van der Waals surface area contributed by atoms with Crippen molar-refractivity contribution in [2.24, 2.45) is 4.99 Å². The maximum Gasteiger partial charge on any atom is 0.412 e. The standard InChI is InChI=1S/C25H29N3O5S3/c1-15-19(12-11-18(26)22(15)16-7-9-17(32-5)10-8-16)36(30,31)20-13-21(35-23(20)34-6)27-14-28-24(29)33-25(2,3)4/h7-14H,26H2,1-6H3,(H,27,28,29). The third kappa shape index (κ3) is 6.21. The number of thiophene rings is 1. The van der Waals surface area contributed by atoms with Crippen LogP contribution in [0.15, 0.2) is 61.5 Å². The van der Waals surface area contributed by atoms with E-state index in [2.05, 4.69) is 10.3 Å². The van der Waals surface area contributed by atoms with Gasteiger partial charge in [-0.25, -0.2) is 18.2 Å². The number of nitrogens with one attached hydrogen (secondary N) is 1. The number of hydrogen-bond donors (Lipinski definition) is 2. The van der Waals surface area contributed by atoms with E-state index >= 15 is 0 Å². The van der Waals surface area contributed by atoms with E-state index in [4.69, 9.17) is 15.2 Å². The second-order valence-electron chi connectivity index (χ2n) is 8.73. The average molecular weight is 548 g/mol. The molecule has 0 aliphatic heterocycles. The minimum atomic E-state index is -3.89. The number of rotatable bonds is 7. The molecule has 1 amide bonds. The molecule has 3 aromatic rings. The van der Waals surface area contributed by atoms with Crippen molar-refractivity contribution < 1.29 is 22.7 Å². The fraction of sp³-hybridized carbons (Fsp3) is 0.280. The van der Waals surface area contributed by atoms with E-state index in [1.54, 1.807) is 59.3 Å². The topological polar surface area (TPSA) is 120 Å². The minimum absolute atomic E-state index is 0.151. The Bertz CT molecular complexity index is 1390. The number of alkyl carbamates (subject to hydrolysis) is 1. The van der Waals surface area contributed by atoms with Gasteiger partial charge in [0.1, 0.15) is 16.4 Å². The summed E-state index contributed by atoms with van der Waals surface area (Å²) in [5.74, 6) is 0.691. The summed E-state index contributed by atoms with van der Waals surface area (Å²) in [6.07, 6.45) is 2.34. The van der Waals surface area contributed by atoms with E-state index in [0.717, 1.165) is 5.56 Å². The van der Waals surface area contributed by atoms with Gasteiger partial charge in [-0.3, -0.25) is 5.32 Å². The molecule has 1 aromatic heterocycles. The quantitative estimate of drug-likeness (QED) is 0.160. The van der Waals surface area contributed by atoms with Crippen molar-refractivity contribution in [2.75, 3.05) is 19.1 Å². The molecule has 0 saturated heterocycles. The zero-order valence-corrected chi connectivity index (χ0v) is 23.4. The largest absolute Gasteiger partial charge is 0.497 e. The third-order valence-electron chi connectivity index (χ3n) is 5.02. The van der Waals surface area contributed by atoms with Crippen LogP contribution in [0.5, 0.6) is 5.75 Å². The number of amides is 1. The van der Waals surface area contributed by atoms with Gasteiger partial charge in [0.05, 0.1) is 27.4 Å². The predicted molar refractivity (Wildman–Crippen MR) is 147 cm³/mol. The van der Waals surface area contributed by atoms with Gasteiger partial charge in [-0.15, -0.1) is 23.1 Å².